The van der Waals surface area contributed by atoms with Crippen molar-refractivity contribution >= 4 is 15.9 Å². The maximum absolute atomic E-state index is 12.9. The monoisotopic (exact) mass is 468 g/mol. The minimum atomic E-state index is -3.65. The number of aryl methyl sites for hydroxylation is 2. The Morgan fingerprint density at radius 2 is 1.76 bits per heavy atom. The second-order valence-electron chi connectivity index (χ2n) is 8.16. The Morgan fingerprint density at radius 1 is 1.09 bits per heavy atom. The molecule has 4 rings (SSSR count). The summed E-state index contributed by atoms with van der Waals surface area (Å²) in [5.74, 6) is 1.75. The van der Waals surface area contributed by atoms with Crippen LogP contribution in [0.25, 0.3) is 0 Å². The summed E-state index contributed by atoms with van der Waals surface area (Å²) in [7, 11) is -1.89. The van der Waals surface area contributed by atoms with Crippen molar-refractivity contribution in [1.82, 2.24) is 19.2 Å². The SMILES string of the molecule is Cc1nc(S(=O)(=O)N2CCC(C(=O)NCc3ccccc3Oc3ccccc3)CC2)cn1C. The number of para-hydroxylation sites is 2. The summed E-state index contributed by atoms with van der Waals surface area (Å²) in [6.45, 7) is 2.69. The zero-order chi connectivity index (χ0) is 23.4. The number of rotatable bonds is 7. The molecule has 1 fully saturated rings. The van der Waals surface area contributed by atoms with Crippen molar-refractivity contribution in [3.05, 3.63) is 72.2 Å². The molecule has 174 valence electrons. The number of ether oxygens (including phenoxy) is 1. The maximum Gasteiger partial charge on any atom is 0.262 e. The minimum absolute atomic E-state index is 0.0559. The Balaban J connectivity index is 1.33. The Hall–Kier alpha value is -3.17. The van der Waals surface area contributed by atoms with Gasteiger partial charge < -0.3 is 14.6 Å². The van der Waals surface area contributed by atoms with E-state index >= 15 is 0 Å². The molecule has 0 unspecified atom stereocenters. The smallest absolute Gasteiger partial charge is 0.262 e. The lowest BCUT2D eigenvalue weighted by Crippen LogP contribution is -2.43. The summed E-state index contributed by atoms with van der Waals surface area (Å²) in [6, 6.07) is 17.1. The number of nitrogens with one attached hydrogen (secondary N) is 1. The number of amides is 1. The summed E-state index contributed by atoms with van der Waals surface area (Å²) in [6.07, 6.45) is 2.47. The first kappa shape index (κ1) is 23.0. The van der Waals surface area contributed by atoms with E-state index in [1.54, 1.807) is 18.5 Å². The second kappa shape index (κ2) is 9.76. The van der Waals surface area contributed by atoms with Crippen LogP contribution < -0.4 is 10.1 Å². The molecule has 2 heterocycles. The highest BCUT2D eigenvalue weighted by molar-refractivity contribution is 7.89. The third-order valence-electron chi connectivity index (χ3n) is 5.91. The first-order valence-corrected chi connectivity index (χ1v) is 12.4. The third kappa shape index (κ3) is 5.26. The van der Waals surface area contributed by atoms with Gasteiger partial charge in [0.2, 0.25) is 5.91 Å². The van der Waals surface area contributed by atoms with Crippen molar-refractivity contribution in [3.63, 3.8) is 0 Å². The second-order valence-corrected chi connectivity index (χ2v) is 10.0. The van der Waals surface area contributed by atoms with Crippen LogP contribution >= 0.6 is 0 Å². The first-order chi connectivity index (χ1) is 15.8. The molecule has 0 spiro atoms. The largest absolute Gasteiger partial charge is 0.457 e. The molecular formula is C24H28N4O4S. The molecule has 9 heteroatoms. The lowest BCUT2D eigenvalue weighted by molar-refractivity contribution is -0.126. The zero-order valence-electron chi connectivity index (χ0n) is 18.8. The molecule has 0 aliphatic carbocycles. The van der Waals surface area contributed by atoms with Crippen LogP contribution in [-0.2, 0) is 28.4 Å². The normalized spacial score (nSPS) is 15.3. The number of sulfonamides is 1. The number of piperidine rings is 1. The molecule has 0 bridgehead atoms. The minimum Gasteiger partial charge on any atom is -0.457 e. The van der Waals surface area contributed by atoms with Gasteiger partial charge in [0.15, 0.2) is 5.03 Å². The van der Waals surface area contributed by atoms with Gasteiger partial charge in [-0.1, -0.05) is 36.4 Å². The Morgan fingerprint density at radius 3 is 2.42 bits per heavy atom. The van der Waals surface area contributed by atoms with Crippen molar-refractivity contribution in [1.29, 1.82) is 0 Å². The van der Waals surface area contributed by atoms with Gasteiger partial charge in [0.25, 0.3) is 10.0 Å². The summed E-state index contributed by atoms with van der Waals surface area (Å²) in [5, 5.41) is 3.04. The van der Waals surface area contributed by atoms with E-state index in [1.165, 1.54) is 10.5 Å². The standard InChI is InChI=1S/C24H28N4O4S/c1-18-26-23(17-27(18)2)33(30,31)28-14-12-19(13-15-28)24(29)25-16-20-8-6-7-11-22(20)32-21-9-4-3-5-10-21/h3-11,17,19H,12-16H2,1-2H3,(H,25,29). The quantitative estimate of drug-likeness (QED) is 0.575. The van der Waals surface area contributed by atoms with Crippen LogP contribution in [0.1, 0.15) is 24.2 Å². The Kier molecular flexibility index (Phi) is 6.80. The van der Waals surface area contributed by atoms with E-state index in [2.05, 4.69) is 10.3 Å². The van der Waals surface area contributed by atoms with Crippen molar-refractivity contribution in [3.8, 4) is 11.5 Å². The van der Waals surface area contributed by atoms with Crippen molar-refractivity contribution < 1.29 is 17.9 Å². The van der Waals surface area contributed by atoms with Gasteiger partial charge in [-0.15, -0.1) is 0 Å². The van der Waals surface area contributed by atoms with Crippen molar-refractivity contribution in [2.45, 2.75) is 31.3 Å². The predicted octanol–water partition coefficient (Wildman–Crippen LogP) is 3.24. The van der Waals surface area contributed by atoms with Gasteiger partial charge in [0.1, 0.15) is 17.3 Å². The van der Waals surface area contributed by atoms with Crippen LogP contribution in [0.3, 0.4) is 0 Å². The molecule has 0 atom stereocenters. The molecule has 2 aromatic carbocycles. The first-order valence-electron chi connectivity index (χ1n) is 10.9. The van der Waals surface area contributed by atoms with E-state index in [1.807, 2.05) is 54.6 Å². The van der Waals surface area contributed by atoms with Gasteiger partial charge in [-0.3, -0.25) is 4.79 Å². The average Bonchev–Trinajstić information content (AvgIpc) is 3.18. The number of carbonyl (C=O) groups is 1. The number of hydrogen-bond acceptors (Lipinski definition) is 5. The van der Waals surface area contributed by atoms with E-state index in [-0.39, 0.29) is 16.9 Å². The Labute approximate surface area is 194 Å². The van der Waals surface area contributed by atoms with Crippen LogP contribution in [0.2, 0.25) is 0 Å². The van der Waals surface area contributed by atoms with Crippen molar-refractivity contribution in [2.24, 2.45) is 13.0 Å². The van der Waals surface area contributed by atoms with Gasteiger partial charge >= 0.3 is 0 Å². The van der Waals surface area contributed by atoms with E-state index in [0.29, 0.717) is 44.0 Å². The highest BCUT2D eigenvalue weighted by atomic mass is 32.2. The molecule has 0 radical (unpaired) electrons. The average molecular weight is 469 g/mol. The lowest BCUT2D eigenvalue weighted by atomic mass is 9.97. The van der Waals surface area contributed by atoms with Gasteiger partial charge in [0, 0.05) is 44.4 Å². The summed E-state index contributed by atoms with van der Waals surface area (Å²) in [4.78, 5) is 16.9. The molecule has 0 saturated carbocycles. The fourth-order valence-electron chi connectivity index (χ4n) is 3.83. The van der Waals surface area contributed by atoms with E-state index in [9.17, 15) is 13.2 Å². The van der Waals surface area contributed by atoms with Crippen LogP contribution in [0.4, 0.5) is 0 Å². The molecule has 33 heavy (non-hydrogen) atoms. The van der Waals surface area contributed by atoms with Gasteiger partial charge in [-0.2, -0.15) is 4.31 Å². The molecule has 1 N–H and O–H groups in total. The maximum atomic E-state index is 12.9. The predicted molar refractivity (Wildman–Crippen MR) is 124 cm³/mol. The van der Waals surface area contributed by atoms with Crippen LogP contribution in [0, 0.1) is 12.8 Å². The van der Waals surface area contributed by atoms with Gasteiger partial charge in [0.05, 0.1) is 0 Å². The molecule has 1 saturated heterocycles. The zero-order valence-corrected chi connectivity index (χ0v) is 19.6. The van der Waals surface area contributed by atoms with Crippen LogP contribution in [-0.4, -0.2) is 41.3 Å². The number of nitrogens with zero attached hydrogens (tertiary/aromatic N) is 3. The molecule has 1 aromatic heterocycles. The van der Waals surface area contributed by atoms with Crippen molar-refractivity contribution in [2.75, 3.05) is 13.1 Å². The van der Waals surface area contributed by atoms with Gasteiger partial charge in [-0.25, -0.2) is 13.4 Å². The van der Waals surface area contributed by atoms with Crippen LogP contribution in [0.5, 0.6) is 11.5 Å². The van der Waals surface area contributed by atoms with Gasteiger partial charge in [-0.05, 0) is 38.0 Å². The summed E-state index contributed by atoms with van der Waals surface area (Å²) in [5.41, 5.74) is 0.875. The molecule has 1 aliphatic heterocycles. The number of hydrogen-bond donors (Lipinski definition) is 1. The topological polar surface area (TPSA) is 93.5 Å². The number of imidazole rings is 1. The summed E-state index contributed by atoms with van der Waals surface area (Å²) >= 11 is 0. The Bertz CT molecular complexity index is 1200. The highest BCUT2D eigenvalue weighted by Crippen LogP contribution is 2.26. The fraction of sp³-hybridized carbons (Fsp3) is 0.333. The molecule has 3 aromatic rings. The molecule has 8 nitrogen and oxygen atoms in total. The highest BCUT2D eigenvalue weighted by Gasteiger charge is 2.33. The molecular weight excluding hydrogens is 440 g/mol. The van der Waals surface area contributed by atoms with E-state index < -0.39 is 10.0 Å². The summed E-state index contributed by atoms with van der Waals surface area (Å²) < 4.78 is 34.8. The number of aromatic nitrogens is 2. The van der Waals surface area contributed by atoms with E-state index in [0.717, 1.165) is 11.3 Å². The number of benzene rings is 2. The number of carbonyl (C=O) groups excluding carboxylic acids is 1. The van der Waals surface area contributed by atoms with E-state index in [4.69, 9.17) is 4.74 Å². The van der Waals surface area contributed by atoms with Crippen LogP contribution in [0.15, 0.2) is 65.8 Å². The molecule has 1 aliphatic rings. The lowest BCUT2D eigenvalue weighted by Gasteiger charge is -2.30. The molecule has 1 amide bonds. The third-order valence-corrected chi connectivity index (χ3v) is 7.68. The fourth-order valence-corrected chi connectivity index (χ4v) is 5.33.